The lowest BCUT2D eigenvalue weighted by atomic mass is 10.1. The van der Waals surface area contributed by atoms with Gasteiger partial charge < -0.3 is 4.74 Å². The van der Waals surface area contributed by atoms with E-state index in [2.05, 4.69) is 5.10 Å². The molecule has 0 N–H and O–H groups in total. The van der Waals surface area contributed by atoms with Crippen LogP contribution in [0, 0.1) is 0 Å². The summed E-state index contributed by atoms with van der Waals surface area (Å²) in [6, 6.07) is -0.0268. The van der Waals surface area contributed by atoms with E-state index in [0.29, 0.717) is 6.61 Å². The fourth-order valence-corrected chi connectivity index (χ4v) is 1.86. The standard InChI is InChI=1S/C9H10Cl2N2O2/c10-7-4-12-13(9(14)8(7)11)6-2-1-3-15-5-6/h4,6H,1-3,5H2/t6-/m1/s1. The summed E-state index contributed by atoms with van der Waals surface area (Å²) in [6.07, 6.45) is 3.20. The lowest BCUT2D eigenvalue weighted by Crippen LogP contribution is -2.32. The van der Waals surface area contributed by atoms with Crippen LogP contribution >= 0.6 is 23.2 Å². The zero-order chi connectivity index (χ0) is 10.8. The Labute approximate surface area is 96.7 Å². The van der Waals surface area contributed by atoms with E-state index < -0.39 is 0 Å². The van der Waals surface area contributed by atoms with E-state index in [0.717, 1.165) is 19.4 Å². The van der Waals surface area contributed by atoms with Crippen LogP contribution in [0.2, 0.25) is 10.0 Å². The highest BCUT2D eigenvalue weighted by Gasteiger charge is 2.19. The fraction of sp³-hybridized carbons (Fsp3) is 0.556. The summed E-state index contributed by atoms with van der Waals surface area (Å²) < 4.78 is 6.64. The monoisotopic (exact) mass is 248 g/mol. The van der Waals surface area contributed by atoms with Crippen molar-refractivity contribution in [1.82, 2.24) is 9.78 Å². The molecule has 0 aliphatic carbocycles. The lowest BCUT2D eigenvalue weighted by Gasteiger charge is -2.22. The van der Waals surface area contributed by atoms with E-state index in [-0.39, 0.29) is 21.6 Å². The molecule has 4 nitrogen and oxygen atoms in total. The van der Waals surface area contributed by atoms with Crippen LogP contribution in [0.25, 0.3) is 0 Å². The predicted molar refractivity (Wildman–Crippen MR) is 57.6 cm³/mol. The Morgan fingerprint density at radius 1 is 1.53 bits per heavy atom. The number of hydrogen-bond acceptors (Lipinski definition) is 3. The number of aromatic nitrogens is 2. The first kappa shape index (κ1) is 10.9. The summed E-state index contributed by atoms with van der Waals surface area (Å²) in [5.74, 6) is 0. The van der Waals surface area contributed by atoms with Crippen molar-refractivity contribution >= 4 is 23.2 Å². The van der Waals surface area contributed by atoms with Crippen molar-refractivity contribution in [2.24, 2.45) is 0 Å². The van der Waals surface area contributed by atoms with Crippen LogP contribution in [0.1, 0.15) is 18.9 Å². The molecular weight excluding hydrogens is 239 g/mol. The molecule has 0 amide bonds. The molecular formula is C9H10Cl2N2O2. The zero-order valence-electron chi connectivity index (χ0n) is 7.95. The van der Waals surface area contributed by atoms with Crippen molar-refractivity contribution in [2.75, 3.05) is 13.2 Å². The van der Waals surface area contributed by atoms with Gasteiger partial charge in [0.25, 0.3) is 5.56 Å². The van der Waals surface area contributed by atoms with Crippen LogP contribution in [-0.4, -0.2) is 23.0 Å². The molecule has 0 saturated carbocycles. The molecule has 0 unspecified atom stereocenters. The van der Waals surface area contributed by atoms with E-state index in [1.54, 1.807) is 0 Å². The number of rotatable bonds is 1. The molecule has 0 bridgehead atoms. The Balaban J connectivity index is 2.35. The first-order valence-corrected chi connectivity index (χ1v) is 5.46. The number of hydrogen-bond donors (Lipinski definition) is 0. The Morgan fingerprint density at radius 2 is 2.33 bits per heavy atom. The minimum atomic E-state index is -0.348. The van der Waals surface area contributed by atoms with Crippen molar-refractivity contribution in [3.8, 4) is 0 Å². The molecule has 2 rings (SSSR count). The van der Waals surface area contributed by atoms with Crippen molar-refractivity contribution in [2.45, 2.75) is 18.9 Å². The summed E-state index contributed by atoms with van der Waals surface area (Å²) in [7, 11) is 0. The van der Waals surface area contributed by atoms with Crippen molar-refractivity contribution < 1.29 is 4.74 Å². The maximum absolute atomic E-state index is 11.7. The summed E-state index contributed by atoms with van der Waals surface area (Å²) in [5, 5.41) is 4.18. The SMILES string of the molecule is O=c1c(Cl)c(Cl)cnn1[C@@H]1CCCOC1. The van der Waals surface area contributed by atoms with Gasteiger partial charge in [0, 0.05) is 6.61 Å². The van der Waals surface area contributed by atoms with Crippen LogP contribution in [0.5, 0.6) is 0 Å². The fourth-order valence-electron chi connectivity index (χ4n) is 1.60. The van der Waals surface area contributed by atoms with Gasteiger partial charge in [0.05, 0.1) is 23.9 Å². The van der Waals surface area contributed by atoms with Gasteiger partial charge in [-0.15, -0.1) is 0 Å². The van der Waals surface area contributed by atoms with Gasteiger partial charge in [-0.2, -0.15) is 5.10 Å². The third-order valence-corrected chi connectivity index (χ3v) is 3.13. The van der Waals surface area contributed by atoms with Crippen molar-refractivity contribution in [3.05, 3.63) is 26.6 Å². The number of ether oxygens (including phenoxy) is 1. The Bertz CT molecular complexity index is 413. The average molecular weight is 249 g/mol. The maximum Gasteiger partial charge on any atom is 0.287 e. The van der Waals surface area contributed by atoms with Crippen LogP contribution < -0.4 is 5.56 Å². The van der Waals surface area contributed by atoms with Crippen LogP contribution in [0.4, 0.5) is 0 Å². The maximum atomic E-state index is 11.7. The minimum Gasteiger partial charge on any atom is -0.379 e. The predicted octanol–water partition coefficient (Wildman–Crippen LogP) is 1.90. The van der Waals surface area contributed by atoms with Gasteiger partial charge in [0.15, 0.2) is 0 Å². The molecule has 0 aromatic carbocycles. The van der Waals surface area contributed by atoms with Gasteiger partial charge in [0.1, 0.15) is 5.02 Å². The Hall–Kier alpha value is -0.580. The molecule has 6 heteroatoms. The molecule has 1 atom stereocenters. The van der Waals surface area contributed by atoms with Crippen LogP contribution in [0.3, 0.4) is 0 Å². The first-order chi connectivity index (χ1) is 7.20. The summed E-state index contributed by atoms with van der Waals surface area (Å²) >= 11 is 11.4. The third-order valence-electron chi connectivity index (χ3n) is 2.38. The zero-order valence-corrected chi connectivity index (χ0v) is 9.46. The molecule has 1 aliphatic heterocycles. The van der Waals surface area contributed by atoms with E-state index in [1.165, 1.54) is 10.9 Å². The molecule has 0 spiro atoms. The molecule has 1 fully saturated rings. The van der Waals surface area contributed by atoms with Gasteiger partial charge in [-0.05, 0) is 12.8 Å². The molecule has 2 heterocycles. The molecule has 1 aromatic rings. The van der Waals surface area contributed by atoms with Gasteiger partial charge in [0.2, 0.25) is 0 Å². The topological polar surface area (TPSA) is 44.1 Å². The van der Waals surface area contributed by atoms with Gasteiger partial charge in [-0.25, -0.2) is 4.68 Å². The molecule has 82 valence electrons. The molecule has 1 saturated heterocycles. The third kappa shape index (κ3) is 2.17. The van der Waals surface area contributed by atoms with E-state index >= 15 is 0 Å². The summed E-state index contributed by atoms with van der Waals surface area (Å²) in [4.78, 5) is 11.7. The molecule has 1 aromatic heterocycles. The first-order valence-electron chi connectivity index (χ1n) is 4.70. The van der Waals surface area contributed by atoms with Gasteiger partial charge >= 0.3 is 0 Å². The molecule has 0 radical (unpaired) electrons. The smallest absolute Gasteiger partial charge is 0.287 e. The highest BCUT2D eigenvalue weighted by molar-refractivity contribution is 6.41. The average Bonchev–Trinajstić information content (AvgIpc) is 2.27. The largest absolute Gasteiger partial charge is 0.379 e. The Morgan fingerprint density at radius 3 is 3.00 bits per heavy atom. The van der Waals surface area contributed by atoms with Crippen molar-refractivity contribution in [1.29, 1.82) is 0 Å². The molecule has 15 heavy (non-hydrogen) atoms. The number of halogens is 2. The summed E-state index contributed by atoms with van der Waals surface area (Å²) in [6.45, 7) is 1.25. The van der Waals surface area contributed by atoms with Crippen LogP contribution in [0.15, 0.2) is 11.0 Å². The number of nitrogens with zero attached hydrogens (tertiary/aromatic N) is 2. The van der Waals surface area contributed by atoms with E-state index in [9.17, 15) is 4.79 Å². The summed E-state index contributed by atoms with van der Waals surface area (Å²) in [5.41, 5.74) is -0.348. The highest BCUT2D eigenvalue weighted by atomic mass is 35.5. The van der Waals surface area contributed by atoms with Crippen molar-refractivity contribution in [3.63, 3.8) is 0 Å². The second kappa shape index (κ2) is 4.51. The quantitative estimate of drug-likeness (QED) is 0.763. The second-order valence-electron chi connectivity index (χ2n) is 3.43. The van der Waals surface area contributed by atoms with E-state index in [1.807, 2.05) is 0 Å². The minimum absolute atomic E-state index is 0.0252. The van der Waals surface area contributed by atoms with Gasteiger partial charge in [-0.1, -0.05) is 23.2 Å². The second-order valence-corrected chi connectivity index (χ2v) is 4.21. The van der Waals surface area contributed by atoms with Crippen LogP contribution in [-0.2, 0) is 4.74 Å². The normalized spacial score (nSPS) is 21.6. The Kier molecular flexibility index (Phi) is 3.29. The van der Waals surface area contributed by atoms with E-state index in [4.69, 9.17) is 27.9 Å². The van der Waals surface area contributed by atoms with Gasteiger partial charge in [-0.3, -0.25) is 4.79 Å². The molecule has 1 aliphatic rings. The highest BCUT2D eigenvalue weighted by Crippen LogP contribution is 2.20. The lowest BCUT2D eigenvalue weighted by molar-refractivity contribution is 0.0531.